The normalized spacial score (nSPS) is 9.15. The topological polar surface area (TPSA) is 46.2 Å². The molecule has 2 nitrogen and oxygen atoms in total. The van der Waals surface area contributed by atoms with Gasteiger partial charge in [0.05, 0.1) is 13.2 Å². The fourth-order valence-electron chi connectivity index (χ4n) is 1.05. The Kier molecular flexibility index (Phi) is 3.51. The lowest BCUT2D eigenvalue weighted by molar-refractivity contribution is 0.282. The monoisotopic (exact) mass is 175 g/mol. The number of nitrogens with two attached hydrogens (primary N) is 1. The minimum absolute atomic E-state index is 0.0532. The Labute approximate surface area is 78.4 Å². The van der Waals surface area contributed by atoms with E-state index in [1.54, 1.807) is 0 Å². The summed E-state index contributed by atoms with van der Waals surface area (Å²) < 4.78 is 0. The largest absolute Gasteiger partial charge is 0.392 e. The first-order valence-electron chi connectivity index (χ1n) is 4.17. The smallest absolute Gasteiger partial charge is 0.0682 e. The van der Waals surface area contributed by atoms with Gasteiger partial charge in [0.25, 0.3) is 0 Å². The summed E-state index contributed by atoms with van der Waals surface area (Å²) in [6, 6.07) is 5.73. The van der Waals surface area contributed by atoms with Gasteiger partial charge in [-0.05, 0) is 24.1 Å². The van der Waals surface area contributed by atoms with Crippen LogP contribution in [0.4, 0.5) is 0 Å². The third-order valence-corrected chi connectivity index (χ3v) is 1.81. The van der Waals surface area contributed by atoms with Gasteiger partial charge in [-0.25, -0.2) is 0 Å². The summed E-state index contributed by atoms with van der Waals surface area (Å²) in [6.07, 6.45) is 0. The highest BCUT2D eigenvalue weighted by Gasteiger charge is 1.95. The van der Waals surface area contributed by atoms with Crippen LogP contribution in [-0.2, 0) is 6.61 Å². The van der Waals surface area contributed by atoms with Gasteiger partial charge in [-0.1, -0.05) is 24.0 Å². The van der Waals surface area contributed by atoms with Gasteiger partial charge in [-0.3, -0.25) is 0 Å². The van der Waals surface area contributed by atoms with Crippen molar-refractivity contribution in [1.82, 2.24) is 0 Å². The van der Waals surface area contributed by atoms with E-state index < -0.39 is 0 Å². The van der Waals surface area contributed by atoms with Crippen LogP contribution in [0.25, 0.3) is 0 Å². The Balaban J connectivity index is 3.04. The van der Waals surface area contributed by atoms with E-state index >= 15 is 0 Å². The Morgan fingerprint density at radius 3 is 2.85 bits per heavy atom. The molecule has 0 heterocycles. The second-order valence-corrected chi connectivity index (χ2v) is 2.81. The molecule has 2 heteroatoms. The molecule has 0 spiro atoms. The SMILES string of the molecule is Cc1ccc(CO)cc1C#CCN. The highest BCUT2D eigenvalue weighted by molar-refractivity contribution is 5.43. The standard InChI is InChI=1S/C11H13NO/c1-9-4-5-10(8-13)7-11(9)3-2-6-12/h4-5,7,13H,6,8,12H2,1H3. The van der Waals surface area contributed by atoms with Crippen LogP contribution < -0.4 is 5.73 Å². The number of aliphatic hydroxyl groups excluding tert-OH is 1. The van der Waals surface area contributed by atoms with Gasteiger partial charge < -0.3 is 10.8 Å². The van der Waals surface area contributed by atoms with Crippen molar-refractivity contribution in [1.29, 1.82) is 0 Å². The maximum Gasteiger partial charge on any atom is 0.0682 e. The maximum absolute atomic E-state index is 8.91. The van der Waals surface area contributed by atoms with Crippen LogP contribution in [0.3, 0.4) is 0 Å². The zero-order valence-electron chi connectivity index (χ0n) is 7.67. The average molecular weight is 175 g/mol. The van der Waals surface area contributed by atoms with Crippen LogP contribution >= 0.6 is 0 Å². The van der Waals surface area contributed by atoms with Crippen molar-refractivity contribution < 1.29 is 5.11 Å². The first kappa shape index (κ1) is 9.79. The molecule has 68 valence electrons. The molecule has 0 aliphatic heterocycles. The lowest BCUT2D eigenvalue weighted by atomic mass is 10.1. The quantitative estimate of drug-likeness (QED) is 0.620. The number of hydrogen-bond donors (Lipinski definition) is 2. The predicted molar refractivity (Wildman–Crippen MR) is 53.0 cm³/mol. The molecule has 1 aromatic rings. The molecule has 0 bridgehead atoms. The van der Waals surface area contributed by atoms with Gasteiger partial charge in [0, 0.05) is 5.56 Å². The lowest BCUT2D eigenvalue weighted by Crippen LogP contribution is -1.94. The summed E-state index contributed by atoms with van der Waals surface area (Å²) >= 11 is 0. The van der Waals surface area contributed by atoms with Crippen LogP contribution in [0.2, 0.25) is 0 Å². The van der Waals surface area contributed by atoms with E-state index in [-0.39, 0.29) is 6.61 Å². The summed E-state index contributed by atoms with van der Waals surface area (Å²) in [5.74, 6) is 5.75. The zero-order valence-corrected chi connectivity index (χ0v) is 7.67. The molecule has 0 saturated carbocycles. The third kappa shape index (κ3) is 2.59. The molecule has 1 rings (SSSR count). The molecule has 1 aromatic carbocycles. The first-order valence-corrected chi connectivity index (χ1v) is 4.17. The van der Waals surface area contributed by atoms with Gasteiger partial charge in [-0.15, -0.1) is 0 Å². The molecule has 0 aliphatic carbocycles. The van der Waals surface area contributed by atoms with Crippen LogP contribution in [0.1, 0.15) is 16.7 Å². The van der Waals surface area contributed by atoms with Crippen molar-refractivity contribution in [2.75, 3.05) is 6.54 Å². The molecular weight excluding hydrogens is 162 g/mol. The Morgan fingerprint density at radius 2 is 2.23 bits per heavy atom. The van der Waals surface area contributed by atoms with E-state index in [0.717, 1.165) is 16.7 Å². The molecule has 0 aromatic heterocycles. The summed E-state index contributed by atoms with van der Waals surface area (Å²) in [5, 5.41) is 8.91. The van der Waals surface area contributed by atoms with Crippen LogP contribution in [0, 0.1) is 18.8 Å². The van der Waals surface area contributed by atoms with Gasteiger partial charge in [0.15, 0.2) is 0 Å². The van der Waals surface area contributed by atoms with Crippen molar-refractivity contribution >= 4 is 0 Å². The molecule has 0 radical (unpaired) electrons. The highest BCUT2D eigenvalue weighted by atomic mass is 16.3. The Bertz CT molecular complexity index is 347. The van der Waals surface area contributed by atoms with Crippen molar-refractivity contribution in [3.05, 3.63) is 34.9 Å². The van der Waals surface area contributed by atoms with Crippen LogP contribution in [-0.4, -0.2) is 11.7 Å². The second kappa shape index (κ2) is 4.66. The first-order chi connectivity index (χ1) is 6.27. The molecule has 0 aliphatic rings. The summed E-state index contributed by atoms with van der Waals surface area (Å²) in [4.78, 5) is 0. The van der Waals surface area contributed by atoms with Gasteiger partial charge in [0.2, 0.25) is 0 Å². The number of aliphatic hydroxyl groups is 1. The fraction of sp³-hybridized carbons (Fsp3) is 0.273. The predicted octanol–water partition coefficient (Wildman–Crippen LogP) is 0.798. The minimum atomic E-state index is 0.0532. The third-order valence-electron chi connectivity index (χ3n) is 1.81. The molecule has 3 N–H and O–H groups in total. The fourth-order valence-corrected chi connectivity index (χ4v) is 1.05. The number of rotatable bonds is 1. The number of aryl methyl sites for hydroxylation is 1. The molecule has 0 atom stereocenters. The number of hydrogen-bond acceptors (Lipinski definition) is 2. The van der Waals surface area contributed by atoms with Crippen molar-refractivity contribution in [3.8, 4) is 11.8 Å². The average Bonchev–Trinajstić information content (AvgIpc) is 2.17. The van der Waals surface area contributed by atoms with E-state index in [2.05, 4.69) is 11.8 Å². The zero-order chi connectivity index (χ0) is 9.68. The van der Waals surface area contributed by atoms with E-state index in [1.807, 2.05) is 25.1 Å². The molecular formula is C11H13NO. The molecule has 0 unspecified atom stereocenters. The van der Waals surface area contributed by atoms with Crippen molar-refractivity contribution in [2.24, 2.45) is 5.73 Å². The Hall–Kier alpha value is -1.30. The molecule has 0 saturated heterocycles. The second-order valence-electron chi connectivity index (χ2n) is 2.81. The van der Waals surface area contributed by atoms with Crippen LogP contribution in [0.5, 0.6) is 0 Å². The van der Waals surface area contributed by atoms with Crippen molar-refractivity contribution in [3.63, 3.8) is 0 Å². The highest BCUT2D eigenvalue weighted by Crippen LogP contribution is 2.09. The molecule has 13 heavy (non-hydrogen) atoms. The molecule has 0 amide bonds. The Morgan fingerprint density at radius 1 is 1.46 bits per heavy atom. The maximum atomic E-state index is 8.91. The summed E-state index contributed by atoms with van der Waals surface area (Å²) in [6.45, 7) is 2.40. The molecule has 0 fully saturated rings. The van der Waals surface area contributed by atoms with E-state index in [1.165, 1.54) is 0 Å². The summed E-state index contributed by atoms with van der Waals surface area (Å²) in [7, 11) is 0. The lowest BCUT2D eigenvalue weighted by Gasteiger charge is -2.00. The summed E-state index contributed by atoms with van der Waals surface area (Å²) in [5.41, 5.74) is 8.21. The van der Waals surface area contributed by atoms with Gasteiger partial charge in [0.1, 0.15) is 0 Å². The van der Waals surface area contributed by atoms with Gasteiger partial charge >= 0.3 is 0 Å². The number of benzene rings is 1. The van der Waals surface area contributed by atoms with E-state index in [0.29, 0.717) is 6.54 Å². The van der Waals surface area contributed by atoms with Crippen molar-refractivity contribution in [2.45, 2.75) is 13.5 Å². The van der Waals surface area contributed by atoms with E-state index in [9.17, 15) is 0 Å². The van der Waals surface area contributed by atoms with Gasteiger partial charge in [-0.2, -0.15) is 0 Å². The minimum Gasteiger partial charge on any atom is -0.392 e. The van der Waals surface area contributed by atoms with Crippen LogP contribution in [0.15, 0.2) is 18.2 Å². The van der Waals surface area contributed by atoms with E-state index in [4.69, 9.17) is 10.8 Å².